The zero-order valence-corrected chi connectivity index (χ0v) is 12.2. The lowest BCUT2D eigenvalue weighted by Crippen LogP contribution is -2.59. The van der Waals surface area contributed by atoms with Crippen LogP contribution in [0.2, 0.25) is 5.02 Å². The van der Waals surface area contributed by atoms with Gasteiger partial charge in [0.15, 0.2) is 11.6 Å². The number of likely N-dealkylation sites (tertiary alicyclic amines) is 1. The van der Waals surface area contributed by atoms with Crippen LogP contribution >= 0.6 is 11.6 Å². The van der Waals surface area contributed by atoms with Gasteiger partial charge in [0.1, 0.15) is 0 Å². The van der Waals surface area contributed by atoms with Crippen molar-refractivity contribution in [3.63, 3.8) is 0 Å². The summed E-state index contributed by atoms with van der Waals surface area (Å²) >= 11 is 5.74. The average molecular weight is 296 g/mol. The molecule has 0 N–H and O–H groups in total. The SMILES string of the molecule is Fc1cc(Cl)cnc1N1CC(N2CC3CCCC3C2)C1. The predicted octanol–water partition coefficient (Wildman–Crippen LogP) is 2.79. The van der Waals surface area contributed by atoms with Gasteiger partial charge in [-0.1, -0.05) is 18.0 Å². The van der Waals surface area contributed by atoms with Crippen molar-refractivity contribution in [1.82, 2.24) is 9.88 Å². The van der Waals surface area contributed by atoms with Crippen molar-refractivity contribution in [2.24, 2.45) is 11.8 Å². The van der Waals surface area contributed by atoms with Crippen molar-refractivity contribution in [3.8, 4) is 0 Å². The summed E-state index contributed by atoms with van der Waals surface area (Å²) in [4.78, 5) is 8.75. The number of nitrogens with zero attached hydrogens (tertiary/aromatic N) is 3. The molecular weight excluding hydrogens is 277 g/mol. The Morgan fingerprint density at radius 3 is 2.50 bits per heavy atom. The highest BCUT2D eigenvalue weighted by Crippen LogP contribution is 2.39. The van der Waals surface area contributed by atoms with Crippen LogP contribution < -0.4 is 4.90 Å². The number of anilines is 1. The highest BCUT2D eigenvalue weighted by molar-refractivity contribution is 6.30. The Hall–Kier alpha value is -0.870. The largest absolute Gasteiger partial charge is 0.351 e. The average Bonchev–Trinajstić information content (AvgIpc) is 2.90. The minimum Gasteiger partial charge on any atom is -0.351 e. The maximum absolute atomic E-state index is 13.8. The first kappa shape index (κ1) is 12.8. The van der Waals surface area contributed by atoms with Crippen molar-refractivity contribution >= 4 is 17.4 Å². The van der Waals surface area contributed by atoms with Crippen LogP contribution in [0.4, 0.5) is 10.2 Å². The fourth-order valence-corrected chi connectivity index (χ4v) is 4.21. The third-order valence-electron chi connectivity index (χ3n) is 5.22. The molecule has 5 heteroatoms. The molecule has 0 spiro atoms. The van der Waals surface area contributed by atoms with Gasteiger partial charge in [-0.15, -0.1) is 0 Å². The van der Waals surface area contributed by atoms with E-state index >= 15 is 0 Å². The zero-order chi connectivity index (χ0) is 13.7. The molecule has 2 aliphatic heterocycles. The molecule has 2 unspecified atom stereocenters. The second-order valence-corrected chi connectivity index (χ2v) is 6.86. The van der Waals surface area contributed by atoms with Crippen molar-refractivity contribution in [3.05, 3.63) is 23.1 Å². The van der Waals surface area contributed by atoms with Gasteiger partial charge in [0, 0.05) is 38.4 Å². The molecule has 1 aliphatic carbocycles. The highest BCUT2D eigenvalue weighted by Gasteiger charge is 2.42. The van der Waals surface area contributed by atoms with Gasteiger partial charge in [-0.25, -0.2) is 9.37 Å². The van der Waals surface area contributed by atoms with Crippen LogP contribution in [0.5, 0.6) is 0 Å². The summed E-state index contributed by atoms with van der Waals surface area (Å²) < 4.78 is 13.8. The monoisotopic (exact) mass is 295 g/mol. The summed E-state index contributed by atoms with van der Waals surface area (Å²) in [6.07, 6.45) is 5.75. The van der Waals surface area contributed by atoms with E-state index in [0.29, 0.717) is 16.9 Å². The number of aromatic nitrogens is 1. The summed E-state index contributed by atoms with van der Waals surface area (Å²) in [5, 5.41) is 0.357. The first-order valence-electron chi connectivity index (χ1n) is 7.51. The maximum Gasteiger partial charge on any atom is 0.167 e. The molecule has 108 valence electrons. The van der Waals surface area contributed by atoms with E-state index in [-0.39, 0.29) is 5.82 Å². The second-order valence-electron chi connectivity index (χ2n) is 6.42. The fourth-order valence-electron chi connectivity index (χ4n) is 4.07. The third-order valence-corrected chi connectivity index (χ3v) is 5.43. The molecule has 4 rings (SSSR count). The van der Waals surface area contributed by atoms with Crippen molar-refractivity contribution in [2.75, 3.05) is 31.1 Å². The maximum atomic E-state index is 13.8. The van der Waals surface area contributed by atoms with E-state index in [1.165, 1.54) is 44.6 Å². The van der Waals surface area contributed by atoms with Crippen LogP contribution in [0.1, 0.15) is 19.3 Å². The van der Waals surface area contributed by atoms with Gasteiger partial charge >= 0.3 is 0 Å². The molecule has 0 bridgehead atoms. The van der Waals surface area contributed by atoms with Gasteiger partial charge in [-0.2, -0.15) is 0 Å². The molecule has 2 atom stereocenters. The molecule has 1 saturated carbocycles. The molecule has 3 heterocycles. The first-order valence-corrected chi connectivity index (χ1v) is 7.88. The van der Waals surface area contributed by atoms with E-state index in [2.05, 4.69) is 9.88 Å². The molecule has 1 aromatic rings. The van der Waals surface area contributed by atoms with Gasteiger partial charge in [-0.3, -0.25) is 4.90 Å². The van der Waals surface area contributed by atoms with E-state index in [0.717, 1.165) is 24.9 Å². The molecule has 20 heavy (non-hydrogen) atoms. The lowest BCUT2D eigenvalue weighted by atomic mass is 10.0. The Bertz CT molecular complexity index is 506. The van der Waals surface area contributed by atoms with E-state index in [4.69, 9.17) is 11.6 Å². The lowest BCUT2D eigenvalue weighted by molar-refractivity contribution is 0.189. The molecule has 1 aromatic heterocycles. The number of hydrogen-bond donors (Lipinski definition) is 0. The van der Waals surface area contributed by atoms with Gasteiger partial charge in [0.05, 0.1) is 5.02 Å². The van der Waals surface area contributed by atoms with Gasteiger partial charge < -0.3 is 4.90 Å². The van der Waals surface area contributed by atoms with E-state index < -0.39 is 0 Å². The molecular formula is C15H19ClFN3. The molecule has 3 nitrogen and oxygen atoms in total. The zero-order valence-electron chi connectivity index (χ0n) is 11.4. The van der Waals surface area contributed by atoms with Crippen LogP contribution in [-0.2, 0) is 0 Å². The van der Waals surface area contributed by atoms with Crippen LogP contribution in [-0.4, -0.2) is 42.1 Å². The number of fused-ring (bicyclic) bond motifs is 1. The molecule has 3 fully saturated rings. The predicted molar refractivity (Wildman–Crippen MR) is 77.6 cm³/mol. The summed E-state index contributed by atoms with van der Waals surface area (Å²) in [5.74, 6) is 1.99. The van der Waals surface area contributed by atoms with Crippen LogP contribution in [0.15, 0.2) is 12.3 Å². The van der Waals surface area contributed by atoms with Crippen molar-refractivity contribution in [2.45, 2.75) is 25.3 Å². The molecule has 0 aromatic carbocycles. The Morgan fingerprint density at radius 2 is 1.85 bits per heavy atom. The smallest absolute Gasteiger partial charge is 0.167 e. The highest BCUT2D eigenvalue weighted by atomic mass is 35.5. The Kier molecular flexibility index (Phi) is 3.11. The van der Waals surface area contributed by atoms with E-state index in [9.17, 15) is 4.39 Å². The van der Waals surface area contributed by atoms with Crippen LogP contribution in [0, 0.1) is 17.7 Å². The van der Waals surface area contributed by atoms with E-state index in [1.54, 1.807) is 0 Å². The number of pyridine rings is 1. The van der Waals surface area contributed by atoms with Crippen molar-refractivity contribution in [1.29, 1.82) is 0 Å². The summed E-state index contributed by atoms with van der Waals surface area (Å²) in [6.45, 7) is 4.29. The second kappa shape index (κ2) is 4.85. The fraction of sp³-hybridized carbons (Fsp3) is 0.667. The minimum absolute atomic E-state index is 0.311. The molecule has 3 aliphatic rings. The minimum atomic E-state index is -0.311. The summed E-state index contributed by atoms with van der Waals surface area (Å²) in [5.41, 5.74) is 0. The quantitative estimate of drug-likeness (QED) is 0.836. The van der Waals surface area contributed by atoms with E-state index in [1.807, 2.05) is 4.90 Å². The van der Waals surface area contributed by atoms with Crippen molar-refractivity contribution < 1.29 is 4.39 Å². The molecule has 0 amide bonds. The van der Waals surface area contributed by atoms with Crippen LogP contribution in [0.25, 0.3) is 0 Å². The number of halogens is 2. The summed E-state index contributed by atoms with van der Waals surface area (Å²) in [7, 11) is 0. The van der Waals surface area contributed by atoms with Gasteiger partial charge in [-0.05, 0) is 30.7 Å². The van der Waals surface area contributed by atoms with Gasteiger partial charge in [0.25, 0.3) is 0 Å². The van der Waals surface area contributed by atoms with Gasteiger partial charge in [0.2, 0.25) is 0 Å². The topological polar surface area (TPSA) is 19.4 Å². The van der Waals surface area contributed by atoms with Crippen LogP contribution in [0.3, 0.4) is 0 Å². The normalized spacial score (nSPS) is 30.6. The Labute approximate surface area is 123 Å². The Morgan fingerprint density at radius 1 is 1.15 bits per heavy atom. The number of hydrogen-bond acceptors (Lipinski definition) is 3. The Balaban J connectivity index is 1.38. The first-order chi connectivity index (χ1) is 9.70. The third kappa shape index (κ3) is 2.09. The lowest BCUT2D eigenvalue weighted by Gasteiger charge is -2.45. The molecule has 0 radical (unpaired) electrons. The molecule has 2 saturated heterocycles. The number of rotatable bonds is 2. The summed E-state index contributed by atoms with van der Waals surface area (Å²) in [6, 6.07) is 1.93. The standard InChI is InChI=1S/C15H19ClFN3/c16-12-4-14(17)15(18-5-12)20-8-13(9-20)19-6-10-2-1-3-11(10)7-19/h4-5,10-11,13H,1-3,6-9H2.